The van der Waals surface area contributed by atoms with Crippen LogP contribution in [0.3, 0.4) is 0 Å². The molecule has 0 aromatic rings. The van der Waals surface area contributed by atoms with Crippen LogP contribution in [0.15, 0.2) is 5.16 Å². The maximum absolute atomic E-state index is 10.7. The van der Waals surface area contributed by atoms with Crippen LogP contribution >= 0.6 is 0 Å². The van der Waals surface area contributed by atoms with Crippen molar-refractivity contribution in [3.8, 4) is 0 Å². The smallest absolute Gasteiger partial charge is 0.407 e. The van der Waals surface area contributed by atoms with E-state index in [1.165, 1.54) is 11.1 Å². The van der Waals surface area contributed by atoms with Gasteiger partial charge >= 0.3 is 6.09 Å². The molecule has 1 aliphatic heterocycles. The predicted octanol–water partition coefficient (Wildman–Crippen LogP) is 1.22. The summed E-state index contributed by atoms with van der Waals surface area (Å²) in [5, 5.41) is 20.1. The highest BCUT2D eigenvalue weighted by molar-refractivity contribution is 5.67. The molecular weight excluding hydrogens is 172 g/mol. The molecule has 1 aliphatic rings. The third-order valence-corrected chi connectivity index (χ3v) is 2.44. The van der Waals surface area contributed by atoms with E-state index >= 15 is 0 Å². The van der Waals surface area contributed by atoms with Crippen molar-refractivity contribution in [1.82, 2.24) is 4.90 Å². The molecule has 1 rings (SSSR count). The van der Waals surface area contributed by atoms with Crippen molar-refractivity contribution in [2.24, 2.45) is 11.1 Å². The van der Waals surface area contributed by atoms with Gasteiger partial charge < -0.3 is 15.2 Å². The highest BCUT2D eigenvalue weighted by Crippen LogP contribution is 2.20. The Bertz CT molecular complexity index is 217. The Labute approximate surface area is 76.6 Å². The van der Waals surface area contributed by atoms with Crippen LogP contribution in [0.25, 0.3) is 0 Å². The Hall–Kier alpha value is -1.26. The fourth-order valence-electron chi connectivity index (χ4n) is 1.62. The van der Waals surface area contributed by atoms with E-state index in [4.69, 9.17) is 10.3 Å². The molecule has 5 heteroatoms. The molecule has 2 N–H and O–H groups in total. The van der Waals surface area contributed by atoms with Gasteiger partial charge in [-0.15, -0.1) is 5.16 Å². The fraction of sp³-hybridized carbons (Fsp3) is 0.750. The molecule has 1 saturated heterocycles. The lowest BCUT2D eigenvalue weighted by atomic mass is 9.95. The second-order valence-electron chi connectivity index (χ2n) is 3.39. The minimum absolute atomic E-state index is 0.0531. The number of piperidine rings is 1. The molecular formula is C8H14N2O3. The summed E-state index contributed by atoms with van der Waals surface area (Å²) in [6.07, 6.45) is 2.21. The zero-order valence-corrected chi connectivity index (χ0v) is 7.55. The van der Waals surface area contributed by atoms with Crippen LogP contribution in [-0.4, -0.2) is 40.1 Å². The highest BCUT2D eigenvalue weighted by Gasteiger charge is 2.27. The van der Waals surface area contributed by atoms with Gasteiger partial charge in [-0.2, -0.15) is 0 Å². The molecule has 0 saturated carbocycles. The van der Waals surface area contributed by atoms with Crippen LogP contribution in [0.1, 0.15) is 19.8 Å². The van der Waals surface area contributed by atoms with Gasteiger partial charge in [-0.1, -0.05) is 0 Å². The summed E-state index contributed by atoms with van der Waals surface area (Å²) in [6, 6.07) is 0.0702. The van der Waals surface area contributed by atoms with Crippen molar-refractivity contribution in [3.05, 3.63) is 0 Å². The van der Waals surface area contributed by atoms with Gasteiger partial charge in [0.1, 0.15) is 0 Å². The number of hydrogen-bond donors (Lipinski definition) is 2. The van der Waals surface area contributed by atoms with Crippen molar-refractivity contribution in [2.45, 2.75) is 25.8 Å². The van der Waals surface area contributed by atoms with E-state index in [0.717, 1.165) is 12.8 Å². The molecule has 0 spiro atoms. The number of carboxylic acid groups (broad SMARTS) is 1. The third-order valence-electron chi connectivity index (χ3n) is 2.44. The van der Waals surface area contributed by atoms with Crippen LogP contribution in [0.5, 0.6) is 0 Å². The molecule has 0 bridgehead atoms. The highest BCUT2D eigenvalue weighted by atomic mass is 16.4. The SMILES string of the molecule is CC1CCC(/C=N/O)CN1C(=O)O. The molecule has 1 heterocycles. The average molecular weight is 186 g/mol. The van der Waals surface area contributed by atoms with Gasteiger partial charge in [0.2, 0.25) is 0 Å². The molecule has 2 unspecified atom stereocenters. The monoisotopic (exact) mass is 186 g/mol. The average Bonchev–Trinajstić information content (AvgIpc) is 2.08. The van der Waals surface area contributed by atoms with Gasteiger partial charge in [0, 0.05) is 24.7 Å². The largest absolute Gasteiger partial charge is 0.465 e. The molecule has 0 aliphatic carbocycles. The lowest BCUT2D eigenvalue weighted by molar-refractivity contribution is 0.104. The Morgan fingerprint density at radius 3 is 2.85 bits per heavy atom. The number of oxime groups is 1. The summed E-state index contributed by atoms with van der Waals surface area (Å²) in [4.78, 5) is 12.1. The van der Waals surface area contributed by atoms with Gasteiger partial charge in [0.05, 0.1) is 0 Å². The lowest BCUT2D eigenvalue weighted by Crippen LogP contribution is -2.45. The van der Waals surface area contributed by atoms with Crippen LogP contribution < -0.4 is 0 Å². The minimum atomic E-state index is -0.900. The first-order chi connectivity index (χ1) is 6.15. The Morgan fingerprint density at radius 2 is 2.31 bits per heavy atom. The van der Waals surface area contributed by atoms with Crippen molar-refractivity contribution < 1.29 is 15.1 Å². The molecule has 13 heavy (non-hydrogen) atoms. The quantitative estimate of drug-likeness (QED) is 0.367. The van der Waals surface area contributed by atoms with Crippen LogP contribution in [-0.2, 0) is 0 Å². The second-order valence-corrected chi connectivity index (χ2v) is 3.39. The second kappa shape index (κ2) is 4.11. The Kier molecular flexibility index (Phi) is 3.11. The number of carbonyl (C=O) groups is 1. The summed E-state index contributed by atoms with van der Waals surface area (Å²) >= 11 is 0. The van der Waals surface area contributed by atoms with E-state index in [-0.39, 0.29) is 12.0 Å². The molecule has 5 nitrogen and oxygen atoms in total. The normalized spacial score (nSPS) is 29.5. The van der Waals surface area contributed by atoms with Crippen LogP contribution in [0.2, 0.25) is 0 Å². The number of amides is 1. The van der Waals surface area contributed by atoms with Crippen molar-refractivity contribution in [1.29, 1.82) is 0 Å². The first-order valence-electron chi connectivity index (χ1n) is 4.32. The molecule has 0 aromatic carbocycles. The number of nitrogens with zero attached hydrogens (tertiary/aromatic N) is 2. The summed E-state index contributed by atoms with van der Waals surface area (Å²) in [6.45, 7) is 2.32. The molecule has 74 valence electrons. The Morgan fingerprint density at radius 1 is 1.62 bits per heavy atom. The van der Waals surface area contributed by atoms with Crippen LogP contribution in [0, 0.1) is 5.92 Å². The number of rotatable bonds is 1. The van der Waals surface area contributed by atoms with Crippen LogP contribution in [0.4, 0.5) is 4.79 Å². The van der Waals surface area contributed by atoms with Crippen molar-refractivity contribution in [3.63, 3.8) is 0 Å². The van der Waals surface area contributed by atoms with Gasteiger partial charge in [-0.25, -0.2) is 4.79 Å². The number of hydrogen-bond acceptors (Lipinski definition) is 3. The van der Waals surface area contributed by atoms with E-state index < -0.39 is 6.09 Å². The summed E-state index contributed by atoms with van der Waals surface area (Å²) in [7, 11) is 0. The minimum Gasteiger partial charge on any atom is -0.465 e. The van der Waals surface area contributed by atoms with Gasteiger partial charge in [-0.3, -0.25) is 0 Å². The molecule has 0 aromatic heterocycles. The summed E-state index contributed by atoms with van der Waals surface area (Å²) < 4.78 is 0. The van der Waals surface area contributed by atoms with Gasteiger partial charge in [0.25, 0.3) is 0 Å². The topological polar surface area (TPSA) is 73.1 Å². The van der Waals surface area contributed by atoms with E-state index in [2.05, 4.69) is 5.16 Å². The first-order valence-corrected chi connectivity index (χ1v) is 4.32. The molecule has 2 atom stereocenters. The Balaban J connectivity index is 2.57. The van der Waals surface area contributed by atoms with E-state index in [1.54, 1.807) is 0 Å². The molecule has 1 fully saturated rings. The number of likely N-dealkylation sites (tertiary alicyclic amines) is 1. The van der Waals surface area contributed by atoms with Crippen molar-refractivity contribution >= 4 is 12.3 Å². The van der Waals surface area contributed by atoms with Gasteiger partial charge in [0.15, 0.2) is 0 Å². The standard InChI is InChI=1S/C8H14N2O3/c1-6-2-3-7(4-9-13)5-10(6)8(11)12/h4,6-7,13H,2-3,5H2,1H3,(H,11,12)/b9-4+. The van der Waals surface area contributed by atoms with E-state index in [0.29, 0.717) is 6.54 Å². The van der Waals surface area contributed by atoms with E-state index in [9.17, 15) is 4.79 Å². The first kappa shape index (κ1) is 9.83. The third kappa shape index (κ3) is 2.34. The van der Waals surface area contributed by atoms with Gasteiger partial charge in [-0.05, 0) is 19.8 Å². The fourth-order valence-corrected chi connectivity index (χ4v) is 1.62. The zero-order chi connectivity index (χ0) is 9.84. The molecule has 1 amide bonds. The summed E-state index contributed by atoms with van der Waals surface area (Å²) in [5.74, 6) is 0.0531. The predicted molar refractivity (Wildman–Crippen MR) is 47.2 cm³/mol. The summed E-state index contributed by atoms with van der Waals surface area (Å²) in [5.41, 5.74) is 0. The zero-order valence-electron chi connectivity index (χ0n) is 7.55. The van der Waals surface area contributed by atoms with Crippen molar-refractivity contribution in [2.75, 3.05) is 6.54 Å². The maximum Gasteiger partial charge on any atom is 0.407 e. The van der Waals surface area contributed by atoms with E-state index in [1.807, 2.05) is 6.92 Å². The maximum atomic E-state index is 10.7. The molecule has 0 radical (unpaired) electrons. The lowest BCUT2D eigenvalue weighted by Gasteiger charge is -2.34.